The third-order valence-corrected chi connectivity index (χ3v) is 4.01. The van der Waals surface area contributed by atoms with Crippen LogP contribution in [0, 0.1) is 5.82 Å². The van der Waals surface area contributed by atoms with Crippen LogP contribution in [0.1, 0.15) is 5.56 Å². The summed E-state index contributed by atoms with van der Waals surface area (Å²) >= 11 is 5.60. The van der Waals surface area contributed by atoms with E-state index in [1.54, 1.807) is 24.3 Å². The molecule has 0 spiro atoms. The van der Waals surface area contributed by atoms with Gasteiger partial charge in [-0.25, -0.2) is 12.8 Å². The quantitative estimate of drug-likeness (QED) is 0.852. The third-order valence-electron chi connectivity index (χ3n) is 2.53. The molecule has 0 aliphatic heterocycles. The normalized spacial score (nSPS) is 11.3. The Balaban J connectivity index is 2.17. The third kappa shape index (κ3) is 3.85. The number of hydrogen-bond acceptors (Lipinski definition) is 3. The molecule has 0 bridgehead atoms. The average Bonchev–Trinajstić information content (AvgIpc) is 2.35. The Morgan fingerprint density at radius 1 is 1.15 bits per heavy atom. The molecule has 0 aromatic heterocycles. The van der Waals surface area contributed by atoms with Crippen LogP contribution in [-0.2, 0) is 15.8 Å². The van der Waals surface area contributed by atoms with Crippen molar-refractivity contribution in [2.24, 2.45) is 0 Å². The van der Waals surface area contributed by atoms with Crippen molar-refractivity contribution in [3.8, 4) is 0 Å². The summed E-state index contributed by atoms with van der Waals surface area (Å²) in [5, 5.41) is 0.198. The zero-order valence-electron chi connectivity index (χ0n) is 10.3. The molecular weight excluding hydrogens is 303 g/mol. The highest BCUT2D eigenvalue weighted by Crippen LogP contribution is 2.21. The smallest absolute Gasteiger partial charge is 0.237 e. The average molecular weight is 315 g/mol. The maximum atomic E-state index is 13.5. The summed E-state index contributed by atoms with van der Waals surface area (Å²) in [7, 11) is -3.71. The molecule has 0 saturated heterocycles. The first-order chi connectivity index (χ1) is 9.35. The van der Waals surface area contributed by atoms with Crippen molar-refractivity contribution in [1.29, 1.82) is 0 Å². The van der Waals surface area contributed by atoms with Gasteiger partial charge < -0.3 is 5.73 Å². The van der Waals surface area contributed by atoms with E-state index in [0.29, 0.717) is 11.3 Å². The summed E-state index contributed by atoms with van der Waals surface area (Å²) in [5.41, 5.74) is 6.49. The Hall–Kier alpha value is -1.79. The number of hydrogen-bond donors (Lipinski definition) is 2. The minimum absolute atomic E-state index is 0.134. The largest absolute Gasteiger partial charge is 0.399 e. The molecule has 0 aliphatic carbocycles. The minimum Gasteiger partial charge on any atom is -0.399 e. The lowest BCUT2D eigenvalue weighted by Crippen LogP contribution is -2.16. The molecule has 0 aliphatic rings. The molecule has 106 valence electrons. The standard InChI is InChI=1S/C13H12ClFN2O2S/c14-10-3-6-13(12(15)7-10)17-20(18,19)8-9-1-4-11(16)5-2-9/h1-7,17H,8,16H2. The van der Waals surface area contributed by atoms with Gasteiger partial charge in [0.05, 0.1) is 11.4 Å². The molecular formula is C13H12ClFN2O2S. The summed E-state index contributed by atoms with van der Waals surface area (Å²) in [6.45, 7) is 0. The van der Waals surface area contributed by atoms with Crippen molar-refractivity contribution in [2.75, 3.05) is 10.5 Å². The molecule has 0 saturated carbocycles. The van der Waals surface area contributed by atoms with Crippen LogP contribution in [0.2, 0.25) is 5.02 Å². The second kappa shape index (κ2) is 5.68. The molecule has 20 heavy (non-hydrogen) atoms. The molecule has 4 nitrogen and oxygen atoms in total. The van der Waals surface area contributed by atoms with Crippen LogP contribution in [0.3, 0.4) is 0 Å². The topological polar surface area (TPSA) is 72.2 Å². The summed E-state index contributed by atoms with van der Waals surface area (Å²) in [4.78, 5) is 0. The molecule has 2 aromatic carbocycles. The van der Waals surface area contributed by atoms with Gasteiger partial charge in [-0.15, -0.1) is 0 Å². The van der Waals surface area contributed by atoms with Crippen LogP contribution in [-0.4, -0.2) is 8.42 Å². The summed E-state index contributed by atoms with van der Waals surface area (Å²) < 4.78 is 39.6. The molecule has 0 fully saturated rings. The Morgan fingerprint density at radius 2 is 1.80 bits per heavy atom. The number of halogens is 2. The van der Waals surface area contributed by atoms with Gasteiger partial charge in [-0.05, 0) is 35.9 Å². The molecule has 7 heteroatoms. The zero-order chi connectivity index (χ0) is 14.8. The predicted octanol–water partition coefficient (Wildman–Crippen LogP) is 3.00. The summed E-state index contributed by atoms with van der Waals surface area (Å²) in [5.74, 6) is -0.992. The first-order valence-electron chi connectivity index (χ1n) is 5.66. The SMILES string of the molecule is Nc1ccc(CS(=O)(=O)Nc2ccc(Cl)cc2F)cc1. The van der Waals surface area contributed by atoms with Crippen molar-refractivity contribution >= 4 is 33.0 Å². The van der Waals surface area contributed by atoms with E-state index >= 15 is 0 Å². The van der Waals surface area contributed by atoms with Gasteiger partial charge in [-0.2, -0.15) is 0 Å². The van der Waals surface area contributed by atoms with Crippen molar-refractivity contribution in [2.45, 2.75) is 5.75 Å². The Labute approximate surface area is 121 Å². The maximum absolute atomic E-state index is 13.5. The number of rotatable bonds is 4. The van der Waals surface area contributed by atoms with Gasteiger partial charge in [-0.1, -0.05) is 23.7 Å². The molecule has 0 heterocycles. The summed E-state index contributed by atoms with van der Waals surface area (Å²) in [6, 6.07) is 10.1. The molecule has 2 aromatic rings. The lowest BCUT2D eigenvalue weighted by atomic mass is 10.2. The van der Waals surface area contributed by atoms with E-state index in [0.717, 1.165) is 6.07 Å². The fraction of sp³-hybridized carbons (Fsp3) is 0.0769. The van der Waals surface area contributed by atoms with Crippen molar-refractivity contribution in [3.05, 3.63) is 58.9 Å². The van der Waals surface area contributed by atoms with Crippen molar-refractivity contribution < 1.29 is 12.8 Å². The number of sulfonamides is 1. The van der Waals surface area contributed by atoms with E-state index in [-0.39, 0.29) is 16.5 Å². The second-order valence-corrected chi connectivity index (χ2v) is 6.39. The zero-order valence-corrected chi connectivity index (χ0v) is 11.9. The summed E-state index contributed by atoms with van der Waals surface area (Å²) in [6.07, 6.45) is 0. The Kier molecular flexibility index (Phi) is 4.15. The molecule has 3 N–H and O–H groups in total. The molecule has 0 unspecified atom stereocenters. The van der Waals surface area contributed by atoms with Crippen LogP contribution in [0.15, 0.2) is 42.5 Å². The number of nitrogen functional groups attached to an aromatic ring is 1. The monoisotopic (exact) mass is 314 g/mol. The van der Waals surface area contributed by atoms with Crippen LogP contribution < -0.4 is 10.5 Å². The Bertz CT molecular complexity index is 718. The van der Waals surface area contributed by atoms with Crippen LogP contribution in [0.4, 0.5) is 15.8 Å². The van der Waals surface area contributed by atoms with Gasteiger partial charge >= 0.3 is 0 Å². The number of nitrogens with two attached hydrogens (primary N) is 1. The second-order valence-electron chi connectivity index (χ2n) is 4.23. The van der Waals surface area contributed by atoms with Gasteiger partial charge in [0, 0.05) is 10.7 Å². The number of benzene rings is 2. The number of anilines is 2. The molecule has 0 atom stereocenters. The van der Waals surface area contributed by atoms with E-state index in [9.17, 15) is 12.8 Å². The van der Waals surface area contributed by atoms with E-state index in [1.807, 2.05) is 0 Å². The van der Waals surface area contributed by atoms with Crippen molar-refractivity contribution in [3.63, 3.8) is 0 Å². The highest BCUT2D eigenvalue weighted by atomic mass is 35.5. The number of nitrogens with one attached hydrogen (secondary N) is 1. The van der Waals surface area contributed by atoms with E-state index < -0.39 is 15.8 Å². The minimum atomic E-state index is -3.71. The highest BCUT2D eigenvalue weighted by Gasteiger charge is 2.14. The Morgan fingerprint density at radius 3 is 2.40 bits per heavy atom. The lowest BCUT2D eigenvalue weighted by Gasteiger charge is -2.09. The van der Waals surface area contributed by atoms with Gasteiger partial charge in [-0.3, -0.25) is 4.72 Å². The van der Waals surface area contributed by atoms with E-state index in [4.69, 9.17) is 17.3 Å². The van der Waals surface area contributed by atoms with Gasteiger partial charge in [0.25, 0.3) is 0 Å². The van der Waals surface area contributed by atoms with Gasteiger partial charge in [0.15, 0.2) is 0 Å². The first-order valence-corrected chi connectivity index (χ1v) is 7.69. The fourth-order valence-corrected chi connectivity index (χ4v) is 2.97. The molecule has 0 radical (unpaired) electrons. The van der Waals surface area contributed by atoms with Crippen LogP contribution in [0.5, 0.6) is 0 Å². The molecule has 2 rings (SSSR count). The van der Waals surface area contributed by atoms with Gasteiger partial charge in [0.2, 0.25) is 10.0 Å². The van der Waals surface area contributed by atoms with Gasteiger partial charge in [0.1, 0.15) is 5.82 Å². The van der Waals surface area contributed by atoms with Crippen LogP contribution >= 0.6 is 11.6 Å². The maximum Gasteiger partial charge on any atom is 0.237 e. The van der Waals surface area contributed by atoms with E-state index in [1.165, 1.54) is 12.1 Å². The van der Waals surface area contributed by atoms with Crippen molar-refractivity contribution in [1.82, 2.24) is 0 Å². The van der Waals surface area contributed by atoms with Crippen LogP contribution in [0.25, 0.3) is 0 Å². The lowest BCUT2D eigenvalue weighted by molar-refractivity contribution is 0.598. The first kappa shape index (κ1) is 14.6. The van der Waals surface area contributed by atoms with E-state index in [2.05, 4.69) is 4.72 Å². The predicted molar refractivity (Wildman–Crippen MR) is 78.5 cm³/mol. The fourth-order valence-electron chi connectivity index (χ4n) is 1.61. The highest BCUT2D eigenvalue weighted by molar-refractivity contribution is 7.91. The molecule has 0 amide bonds.